The molecule has 1 aromatic carbocycles. The molecule has 1 unspecified atom stereocenters. The highest BCUT2D eigenvalue weighted by molar-refractivity contribution is 5.45. The molecule has 106 valence electrons. The fraction of sp³-hybridized carbons (Fsp3) is 0.538. The zero-order chi connectivity index (χ0) is 14.5. The van der Waals surface area contributed by atoms with Gasteiger partial charge >= 0.3 is 0 Å². The van der Waals surface area contributed by atoms with Crippen LogP contribution in [0.3, 0.4) is 0 Å². The van der Waals surface area contributed by atoms with Gasteiger partial charge in [0.15, 0.2) is 0 Å². The number of anilines is 1. The Bertz CT molecular complexity index is 501. The number of nitrogens with two attached hydrogens (primary N) is 1. The van der Waals surface area contributed by atoms with E-state index in [1.54, 1.807) is 0 Å². The summed E-state index contributed by atoms with van der Waals surface area (Å²) in [5.74, 6) is -4.21. The van der Waals surface area contributed by atoms with Gasteiger partial charge in [0.25, 0.3) is 5.92 Å². The molecule has 2 nitrogen and oxygen atoms in total. The van der Waals surface area contributed by atoms with E-state index in [0.717, 1.165) is 19.1 Å². The van der Waals surface area contributed by atoms with E-state index in [1.165, 1.54) is 13.0 Å². The van der Waals surface area contributed by atoms with Crippen molar-refractivity contribution in [3.63, 3.8) is 0 Å². The quantitative estimate of drug-likeness (QED) is 0.611. The first-order valence-electron chi connectivity index (χ1n) is 5.95. The van der Waals surface area contributed by atoms with Gasteiger partial charge in [-0.05, 0) is 32.0 Å². The molecule has 0 aliphatic carbocycles. The molecule has 6 heteroatoms. The third kappa shape index (κ3) is 2.29. The van der Waals surface area contributed by atoms with Crippen LogP contribution in [0.4, 0.5) is 23.2 Å². The molecule has 0 aromatic heterocycles. The Morgan fingerprint density at radius 1 is 1.21 bits per heavy atom. The van der Waals surface area contributed by atoms with Crippen molar-refractivity contribution in [2.24, 2.45) is 0 Å². The topological polar surface area (TPSA) is 38.0 Å². The lowest BCUT2D eigenvalue weighted by Crippen LogP contribution is -2.64. The Balaban J connectivity index is 2.50. The standard InChI is InChI=1S/C13H16F4N2/c1-11(15)6-13(16,17)12(2,19-7-11)9-5-8(18)3-4-10(9)14/h3-5,19H,6-7,18H2,1-2H3/t11?,12-/m1/s1. The normalized spacial score (nSPS) is 34.2. The first kappa shape index (κ1) is 14.1. The minimum Gasteiger partial charge on any atom is -0.399 e. The van der Waals surface area contributed by atoms with Crippen LogP contribution in [0.15, 0.2) is 18.2 Å². The van der Waals surface area contributed by atoms with E-state index in [2.05, 4.69) is 5.32 Å². The predicted octanol–water partition coefficient (Wildman–Crippen LogP) is 2.98. The van der Waals surface area contributed by atoms with E-state index in [1.807, 2.05) is 0 Å². The fourth-order valence-electron chi connectivity index (χ4n) is 2.41. The summed E-state index contributed by atoms with van der Waals surface area (Å²) in [5, 5.41) is 2.44. The van der Waals surface area contributed by atoms with Crippen molar-refractivity contribution in [3.05, 3.63) is 29.6 Å². The average Bonchev–Trinajstić information content (AvgIpc) is 2.26. The van der Waals surface area contributed by atoms with Gasteiger partial charge in [-0.25, -0.2) is 17.6 Å². The van der Waals surface area contributed by atoms with Crippen molar-refractivity contribution in [1.82, 2.24) is 5.32 Å². The van der Waals surface area contributed by atoms with Gasteiger partial charge in [0, 0.05) is 24.2 Å². The Kier molecular flexibility index (Phi) is 3.04. The number of nitrogens with one attached hydrogen (secondary N) is 1. The van der Waals surface area contributed by atoms with Gasteiger partial charge in [-0.3, -0.25) is 5.32 Å². The number of hydrogen-bond donors (Lipinski definition) is 2. The molecule has 2 atom stereocenters. The highest BCUT2D eigenvalue weighted by atomic mass is 19.3. The minimum absolute atomic E-state index is 0.184. The maximum Gasteiger partial charge on any atom is 0.272 e. The van der Waals surface area contributed by atoms with Gasteiger partial charge in [-0.2, -0.15) is 0 Å². The van der Waals surface area contributed by atoms with Crippen molar-refractivity contribution in [2.45, 2.75) is 37.4 Å². The molecule has 0 bridgehead atoms. The number of halogens is 4. The van der Waals surface area contributed by atoms with Gasteiger partial charge in [0.05, 0.1) is 0 Å². The lowest BCUT2D eigenvalue weighted by Gasteiger charge is -2.46. The SMILES string of the molecule is CC1(F)CN[C@](C)(c2cc(N)ccc2F)C(F)(F)C1. The number of rotatable bonds is 1. The molecule has 1 aromatic rings. The monoisotopic (exact) mass is 276 g/mol. The summed E-state index contributed by atoms with van der Waals surface area (Å²) in [6, 6.07) is 3.50. The van der Waals surface area contributed by atoms with Crippen LogP contribution in [0.2, 0.25) is 0 Å². The highest BCUT2D eigenvalue weighted by Crippen LogP contribution is 2.47. The molecular weight excluding hydrogens is 260 g/mol. The van der Waals surface area contributed by atoms with Gasteiger partial charge in [-0.15, -0.1) is 0 Å². The minimum atomic E-state index is -3.43. The van der Waals surface area contributed by atoms with Crippen molar-refractivity contribution in [3.8, 4) is 0 Å². The van der Waals surface area contributed by atoms with Crippen LogP contribution in [0.1, 0.15) is 25.8 Å². The summed E-state index contributed by atoms with van der Waals surface area (Å²) in [4.78, 5) is 0. The molecule has 0 spiro atoms. The third-order valence-electron chi connectivity index (χ3n) is 3.66. The molecule has 0 amide bonds. The van der Waals surface area contributed by atoms with Gasteiger partial charge in [-0.1, -0.05) is 0 Å². The van der Waals surface area contributed by atoms with Gasteiger partial charge in [0.2, 0.25) is 0 Å². The van der Waals surface area contributed by atoms with Crippen molar-refractivity contribution in [1.29, 1.82) is 0 Å². The van der Waals surface area contributed by atoms with E-state index in [9.17, 15) is 17.6 Å². The van der Waals surface area contributed by atoms with E-state index in [-0.39, 0.29) is 17.8 Å². The first-order valence-corrected chi connectivity index (χ1v) is 5.95. The largest absolute Gasteiger partial charge is 0.399 e. The number of alkyl halides is 3. The Morgan fingerprint density at radius 2 is 1.84 bits per heavy atom. The van der Waals surface area contributed by atoms with Crippen LogP contribution in [-0.2, 0) is 5.54 Å². The Labute approximate surface area is 109 Å². The molecule has 1 aliphatic rings. The summed E-state index contributed by atoms with van der Waals surface area (Å²) >= 11 is 0. The van der Waals surface area contributed by atoms with Crippen LogP contribution < -0.4 is 11.1 Å². The van der Waals surface area contributed by atoms with E-state index >= 15 is 0 Å². The maximum absolute atomic E-state index is 14.2. The molecule has 3 N–H and O–H groups in total. The molecule has 2 rings (SSSR count). The summed E-state index contributed by atoms with van der Waals surface area (Å²) in [6.07, 6.45) is -0.961. The smallest absolute Gasteiger partial charge is 0.272 e. The average molecular weight is 276 g/mol. The lowest BCUT2D eigenvalue weighted by molar-refractivity contribution is -0.149. The van der Waals surface area contributed by atoms with Crippen LogP contribution in [-0.4, -0.2) is 18.1 Å². The molecular formula is C13H16F4N2. The van der Waals surface area contributed by atoms with E-state index in [4.69, 9.17) is 5.73 Å². The zero-order valence-corrected chi connectivity index (χ0v) is 10.7. The molecule has 1 aliphatic heterocycles. The van der Waals surface area contributed by atoms with Crippen molar-refractivity contribution in [2.75, 3.05) is 12.3 Å². The molecule has 0 saturated carbocycles. The van der Waals surface area contributed by atoms with Gasteiger partial charge in [0.1, 0.15) is 17.0 Å². The molecule has 0 radical (unpaired) electrons. The van der Waals surface area contributed by atoms with Crippen LogP contribution in [0, 0.1) is 5.82 Å². The predicted molar refractivity (Wildman–Crippen MR) is 65.2 cm³/mol. The maximum atomic E-state index is 14.2. The van der Waals surface area contributed by atoms with E-state index in [0.29, 0.717) is 0 Å². The number of benzene rings is 1. The molecule has 1 saturated heterocycles. The first-order chi connectivity index (χ1) is 8.57. The molecule has 1 heterocycles. The number of hydrogen-bond acceptors (Lipinski definition) is 2. The van der Waals surface area contributed by atoms with Gasteiger partial charge < -0.3 is 5.73 Å². The van der Waals surface area contributed by atoms with Crippen molar-refractivity contribution < 1.29 is 17.6 Å². The second kappa shape index (κ2) is 4.10. The van der Waals surface area contributed by atoms with E-state index < -0.39 is 29.4 Å². The summed E-state index contributed by atoms with van der Waals surface area (Å²) in [5.41, 5.74) is 1.46. The third-order valence-corrected chi connectivity index (χ3v) is 3.66. The Morgan fingerprint density at radius 3 is 2.42 bits per heavy atom. The summed E-state index contributed by atoms with van der Waals surface area (Å²) in [6.45, 7) is 2.00. The second-order valence-corrected chi connectivity index (χ2v) is 5.51. The molecule has 19 heavy (non-hydrogen) atoms. The summed E-state index contributed by atoms with van der Waals surface area (Å²) < 4.78 is 56.0. The summed E-state index contributed by atoms with van der Waals surface area (Å²) in [7, 11) is 0. The Hall–Kier alpha value is -1.30. The zero-order valence-electron chi connectivity index (χ0n) is 10.7. The highest BCUT2D eigenvalue weighted by Gasteiger charge is 2.59. The molecule has 1 fully saturated rings. The number of piperidine rings is 1. The van der Waals surface area contributed by atoms with Crippen LogP contribution >= 0.6 is 0 Å². The lowest BCUT2D eigenvalue weighted by atomic mass is 9.76. The number of nitrogen functional groups attached to an aromatic ring is 1. The second-order valence-electron chi connectivity index (χ2n) is 5.51. The van der Waals surface area contributed by atoms with Crippen molar-refractivity contribution >= 4 is 5.69 Å². The van der Waals surface area contributed by atoms with Crippen LogP contribution in [0.25, 0.3) is 0 Å². The fourth-order valence-corrected chi connectivity index (χ4v) is 2.41. The van der Waals surface area contributed by atoms with Crippen LogP contribution in [0.5, 0.6) is 0 Å².